The third-order valence-electron chi connectivity index (χ3n) is 4.41. The predicted octanol–water partition coefficient (Wildman–Crippen LogP) is 3.11. The monoisotopic (exact) mass is 298 g/mol. The molecular formula is C15H23FN2OS. The van der Waals surface area contributed by atoms with Gasteiger partial charge in [-0.15, -0.1) is 0 Å². The molecule has 0 aliphatic carbocycles. The third-order valence-corrected chi connectivity index (χ3v) is 5.60. The molecule has 0 bridgehead atoms. The van der Waals surface area contributed by atoms with Crippen molar-refractivity contribution >= 4 is 17.4 Å². The van der Waals surface area contributed by atoms with Gasteiger partial charge in [-0.2, -0.15) is 11.8 Å². The molecule has 1 aliphatic heterocycles. The Morgan fingerprint density at radius 2 is 2.20 bits per heavy atom. The molecule has 1 aliphatic rings. The first-order valence-corrected chi connectivity index (χ1v) is 7.99. The van der Waals surface area contributed by atoms with Crippen LogP contribution in [-0.4, -0.2) is 30.7 Å². The van der Waals surface area contributed by atoms with E-state index >= 15 is 0 Å². The molecule has 2 rings (SSSR count). The SMILES string of the molecule is COc1ccc(F)c(NC2(CN)CSCCC2(C)C)c1. The number of thioether (sulfide) groups is 1. The molecule has 1 unspecified atom stereocenters. The third kappa shape index (κ3) is 2.74. The van der Waals surface area contributed by atoms with Gasteiger partial charge < -0.3 is 15.8 Å². The number of anilines is 1. The summed E-state index contributed by atoms with van der Waals surface area (Å²) in [6.07, 6.45) is 1.06. The Kier molecular flexibility index (Phi) is 4.49. The minimum absolute atomic E-state index is 0.0164. The topological polar surface area (TPSA) is 47.3 Å². The summed E-state index contributed by atoms with van der Waals surface area (Å²) in [6, 6.07) is 4.74. The molecule has 20 heavy (non-hydrogen) atoms. The van der Waals surface area contributed by atoms with E-state index in [1.54, 1.807) is 19.2 Å². The lowest BCUT2D eigenvalue weighted by Gasteiger charge is -2.50. The average Bonchev–Trinajstić information content (AvgIpc) is 2.43. The Balaban J connectivity index is 2.34. The normalized spacial score (nSPS) is 25.2. The molecule has 0 radical (unpaired) electrons. The standard InChI is InChI=1S/C15H23FN2OS/c1-14(2)6-7-20-10-15(14,9-17)18-13-8-11(19-3)4-5-12(13)16/h4-5,8,18H,6-7,9-10,17H2,1-3H3. The minimum atomic E-state index is -0.302. The highest BCUT2D eigenvalue weighted by molar-refractivity contribution is 7.99. The van der Waals surface area contributed by atoms with Crippen molar-refractivity contribution in [3.05, 3.63) is 24.0 Å². The van der Waals surface area contributed by atoms with E-state index in [4.69, 9.17) is 10.5 Å². The Morgan fingerprint density at radius 1 is 1.45 bits per heavy atom. The average molecular weight is 298 g/mol. The molecule has 1 saturated heterocycles. The molecule has 5 heteroatoms. The summed E-state index contributed by atoms with van der Waals surface area (Å²) in [5.41, 5.74) is 6.23. The van der Waals surface area contributed by atoms with E-state index in [0.29, 0.717) is 18.0 Å². The van der Waals surface area contributed by atoms with Crippen LogP contribution in [0, 0.1) is 11.2 Å². The van der Waals surface area contributed by atoms with Crippen LogP contribution in [0.1, 0.15) is 20.3 Å². The van der Waals surface area contributed by atoms with Crippen LogP contribution in [0.5, 0.6) is 5.75 Å². The Labute approximate surface area is 124 Å². The van der Waals surface area contributed by atoms with Crippen molar-refractivity contribution < 1.29 is 9.13 Å². The summed E-state index contributed by atoms with van der Waals surface area (Å²) >= 11 is 1.87. The fraction of sp³-hybridized carbons (Fsp3) is 0.600. The van der Waals surface area contributed by atoms with Crippen LogP contribution in [0.15, 0.2) is 18.2 Å². The van der Waals surface area contributed by atoms with Gasteiger partial charge in [0.15, 0.2) is 0 Å². The molecule has 1 heterocycles. The summed E-state index contributed by atoms with van der Waals surface area (Å²) in [6.45, 7) is 4.87. The smallest absolute Gasteiger partial charge is 0.146 e. The lowest BCUT2D eigenvalue weighted by Crippen LogP contribution is -2.60. The van der Waals surface area contributed by atoms with Gasteiger partial charge in [0.25, 0.3) is 0 Å². The van der Waals surface area contributed by atoms with Gasteiger partial charge in [0.2, 0.25) is 0 Å². The number of nitrogens with two attached hydrogens (primary N) is 1. The number of nitrogens with one attached hydrogen (secondary N) is 1. The molecule has 112 valence electrons. The van der Waals surface area contributed by atoms with Crippen molar-refractivity contribution in [2.24, 2.45) is 11.1 Å². The number of rotatable bonds is 4. The largest absolute Gasteiger partial charge is 0.497 e. The molecule has 3 N–H and O–H groups in total. The van der Waals surface area contributed by atoms with E-state index < -0.39 is 0 Å². The number of hydrogen-bond donors (Lipinski definition) is 2. The molecule has 0 aromatic heterocycles. The van der Waals surface area contributed by atoms with E-state index in [9.17, 15) is 4.39 Å². The van der Waals surface area contributed by atoms with Crippen LogP contribution in [0.25, 0.3) is 0 Å². The van der Waals surface area contributed by atoms with E-state index in [1.165, 1.54) is 6.07 Å². The highest BCUT2D eigenvalue weighted by Crippen LogP contribution is 2.44. The lowest BCUT2D eigenvalue weighted by molar-refractivity contribution is 0.202. The van der Waals surface area contributed by atoms with E-state index in [-0.39, 0.29) is 16.8 Å². The summed E-state index contributed by atoms with van der Waals surface area (Å²) in [7, 11) is 1.58. The number of benzene rings is 1. The van der Waals surface area contributed by atoms with E-state index in [0.717, 1.165) is 17.9 Å². The Bertz CT molecular complexity index is 481. The minimum Gasteiger partial charge on any atom is -0.497 e. The molecule has 3 nitrogen and oxygen atoms in total. The molecular weight excluding hydrogens is 275 g/mol. The van der Waals surface area contributed by atoms with Crippen LogP contribution < -0.4 is 15.8 Å². The van der Waals surface area contributed by atoms with Gasteiger partial charge in [-0.3, -0.25) is 0 Å². The van der Waals surface area contributed by atoms with Crippen LogP contribution in [0.4, 0.5) is 10.1 Å². The second-order valence-corrected chi connectivity index (χ2v) is 7.05. The molecule has 1 aromatic rings. The predicted molar refractivity (Wildman–Crippen MR) is 84.1 cm³/mol. The Hall–Kier alpha value is -0.940. The lowest BCUT2D eigenvalue weighted by atomic mass is 9.70. The summed E-state index contributed by atoms with van der Waals surface area (Å²) in [5.74, 6) is 2.37. The zero-order chi connectivity index (χ0) is 14.8. The summed E-state index contributed by atoms with van der Waals surface area (Å²) in [5, 5.41) is 3.38. The summed E-state index contributed by atoms with van der Waals surface area (Å²) < 4.78 is 19.2. The van der Waals surface area contributed by atoms with Gasteiger partial charge in [-0.05, 0) is 29.7 Å². The van der Waals surface area contributed by atoms with Crippen LogP contribution in [-0.2, 0) is 0 Å². The highest BCUT2D eigenvalue weighted by atomic mass is 32.2. The highest BCUT2D eigenvalue weighted by Gasteiger charge is 2.46. The van der Waals surface area contributed by atoms with Crippen LogP contribution in [0.3, 0.4) is 0 Å². The first-order valence-electron chi connectivity index (χ1n) is 6.84. The summed E-state index contributed by atoms with van der Waals surface area (Å²) in [4.78, 5) is 0. The number of methoxy groups -OCH3 is 1. The molecule has 1 aromatic carbocycles. The molecule has 0 spiro atoms. The van der Waals surface area contributed by atoms with Crippen molar-refractivity contribution in [1.29, 1.82) is 0 Å². The number of hydrogen-bond acceptors (Lipinski definition) is 4. The van der Waals surface area contributed by atoms with Gasteiger partial charge in [0.05, 0.1) is 18.3 Å². The van der Waals surface area contributed by atoms with Gasteiger partial charge >= 0.3 is 0 Å². The first kappa shape index (κ1) is 15.4. The van der Waals surface area contributed by atoms with Crippen molar-refractivity contribution in [3.63, 3.8) is 0 Å². The van der Waals surface area contributed by atoms with Crippen molar-refractivity contribution in [2.45, 2.75) is 25.8 Å². The first-order chi connectivity index (χ1) is 9.44. The molecule has 1 fully saturated rings. The molecule has 1 atom stereocenters. The Morgan fingerprint density at radius 3 is 2.80 bits per heavy atom. The number of ether oxygens (including phenoxy) is 1. The maximum atomic E-state index is 14.1. The zero-order valence-electron chi connectivity index (χ0n) is 12.3. The van der Waals surface area contributed by atoms with Gasteiger partial charge in [0.1, 0.15) is 11.6 Å². The fourth-order valence-corrected chi connectivity index (χ4v) is 4.31. The van der Waals surface area contributed by atoms with Gasteiger partial charge in [0, 0.05) is 18.4 Å². The second kappa shape index (κ2) is 5.82. The van der Waals surface area contributed by atoms with E-state index in [1.807, 2.05) is 11.8 Å². The van der Waals surface area contributed by atoms with E-state index in [2.05, 4.69) is 19.2 Å². The van der Waals surface area contributed by atoms with Gasteiger partial charge in [-0.25, -0.2) is 4.39 Å². The van der Waals surface area contributed by atoms with Crippen molar-refractivity contribution in [1.82, 2.24) is 0 Å². The quantitative estimate of drug-likeness (QED) is 0.896. The van der Waals surface area contributed by atoms with Crippen LogP contribution >= 0.6 is 11.8 Å². The zero-order valence-corrected chi connectivity index (χ0v) is 13.1. The second-order valence-electron chi connectivity index (χ2n) is 5.94. The maximum Gasteiger partial charge on any atom is 0.146 e. The molecule has 0 saturated carbocycles. The van der Waals surface area contributed by atoms with Crippen molar-refractivity contribution in [2.75, 3.05) is 30.5 Å². The van der Waals surface area contributed by atoms with Gasteiger partial charge in [-0.1, -0.05) is 13.8 Å². The van der Waals surface area contributed by atoms with Crippen LogP contribution in [0.2, 0.25) is 0 Å². The maximum absolute atomic E-state index is 14.1. The number of halogens is 1. The fourth-order valence-electron chi connectivity index (χ4n) is 2.58. The van der Waals surface area contributed by atoms with Crippen molar-refractivity contribution in [3.8, 4) is 5.75 Å². The molecule has 0 amide bonds.